The third-order valence-electron chi connectivity index (χ3n) is 2.76. The maximum atomic E-state index is 11.9. The molecule has 0 radical (unpaired) electrons. The maximum absolute atomic E-state index is 11.9. The quantitative estimate of drug-likeness (QED) is 0.817. The average molecular weight is 254 g/mol. The van der Waals surface area contributed by atoms with E-state index in [1.54, 1.807) is 31.3 Å². The minimum absolute atomic E-state index is 0.147. The fourth-order valence-electron chi connectivity index (χ4n) is 1.89. The molecule has 0 saturated carbocycles. The molecule has 1 saturated heterocycles. The predicted octanol–water partition coefficient (Wildman–Crippen LogP) is 1.19. The predicted molar refractivity (Wildman–Crippen MR) is 63.3 cm³/mol. The van der Waals surface area contributed by atoms with Crippen LogP contribution in [0.1, 0.15) is 11.6 Å². The molecule has 0 aromatic heterocycles. The Labute approximate surface area is 104 Å². The first kappa shape index (κ1) is 11.7. The van der Waals surface area contributed by atoms with Crippen LogP contribution in [0.2, 0.25) is 5.02 Å². The first-order valence-electron chi connectivity index (χ1n) is 5.07. The van der Waals surface area contributed by atoms with Crippen LogP contribution in [0.5, 0.6) is 0 Å². The number of carbonyl (C=O) groups is 2. The Morgan fingerprint density at radius 2 is 2.00 bits per heavy atom. The second kappa shape index (κ2) is 4.25. The number of carbonyl (C=O) groups excluding carboxylic acids is 2. The van der Waals surface area contributed by atoms with Gasteiger partial charge in [0.25, 0.3) is 5.91 Å². The Kier molecular flexibility index (Phi) is 2.93. The molecule has 1 atom stereocenters. The molecule has 17 heavy (non-hydrogen) atoms. The summed E-state index contributed by atoms with van der Waals surface area (Å²) in [6, 6.07) is 5.56. The molecule has 1 aliphatic rings. The molecule has 90 valence electrons. The van der Waals surface area contributed by atoms with Gasteiger partial charge < -0.3 is 10.6 Å². The molecule has 3 amide bonds. The van der Waals surface area contributed by atoms with Gasteiger partial charge in [0, 0.05) is 12.1 Å². The van der Waals surface area contributed by atoms with Crippen molar-refractivity contribution < 1.29 is 9.59 Å². The minimum Gasteiger partial charge on any atom is -0.351 e. The summed E-state index contributed by atoms with van der Waals surface area (Å²) in [6.07, 6.45) is 0. The van der Waals surface area contributed by atoms with Gasteiger partial charge in [-0.2, -0.15) is 0 Å². The van der Waals surface area contributed by atoms with E-state index >= 15 is 0 Å². The van der Waals surface area contributed by atoms with Gasteiger partial charge in [-0.3, -0.25) is 9.69 Å². The van der Waals surface area contributed by atoms with Gasteiger partial charge in [0.2, 0.25) is 0 Å². The molecule has 0 aliphatic carbocycles. The molecular formula is C11H12ClN3O2. The van der Waals surface area contributed by atoms with Crippen molar-refractivity contribution >= 4 is 23.5 Å². The van der Waals surface area contributed by atoms with Crippen molar-refractivity contribution in [3.8, 4) is 0 Å². The topological polar surface area (TPSA) is 66.6 Å². The van der Waals surface area contributed by atoms with Crippen LogP contribution in [0.25, 0.3) is 0 Å². The summed E-state index contributed by atoms with van der Waals surface area (Å²) in [4.78, 5) is 26.0. The average Bonchev–Trinajstić information content (AvgIpc) is 2.57. The second-order valence-electron chi connectivity index (χ2n) is 3.94. The Morgan fingerprint density at radius 1 is 1.41 bits per heavy atom. The molecule has 6 heteroatoms. The summed E-state index contributed by atoms with van der Waals surface area (Å²) in [5.74, 6) is -0.147. The number of halogens is 1. The molecule has 1 aromatic carbocycles. The van der Waals surface area contributed by atoms with Gasteiger partial charge in [-0.05, 0) is 17.7 Å². The monoisotopic (exact) mass is 253 g/mol. The Morgan fingerprint density at radius 3 is 2.53 bits per heavy atom. The van der Waals surface area contributed by atoms with E-state index in [0.29, 0.717) is 10.6 Å². The van der Waals surface area contributed by atoms with Crippen molar-refractivity contribution in [1.29, 1.82) is 0 Å². The van der Waals surface area contributed by atoms with Crippen molar-refractivity contribution in [1.82, 2.24) is 9.80 Å². The molecule has 2 N–H and O–H groups in total. The molecule has 1 aliphatic heterocycles. The summed E-state index contributed by atoms with van der Waals surface area (Å²) >= 11 is 5.78. The number of hydrogen-bond donors (Lipinski definition) is 1. The fourth-order valence-corrected chi connectivity index (χ4v) is 2.01. The summed E-state index contributed by atoms with van der Waals surface area (Å²) in [6.45, 7) is 0.210. The van der Waals surface area contributed by atoms with Crippen molar-refractivity contribution in [2.75, 3.05) is 13.7 Å². The summed E-state index contributed by atoms with van der Waals surface area (Å²) in [5, 5.41) is 0.582. The summed E-state index contributed by atoms with van der Waals surface area (Å²) in [5.41, 5.74) is 5.97. The smallest absolute Gasteiger partial charge is 0.317 e. The molecule has 2 rings (SSSR count). The fraction of sp³-hybridized carbons (Fsp3) is 0.273. The van der Waals surface area contributed by atoms with Crippen LogP contribution < -0.4 is 5.73 Å². The molecule has 1 heterocycles. The number of rotatable bonds is 1. The Balaban J connectivity index is 2.37. The molecule has 1 aromatic rings. The lowest BCUT2D eigenvalue weighted by Crippen LogP contribution is -2.36. The highest BCUT2D eigenvalue weighted by Gasteiger charge is 2.39. The van der Waals surface area contributed by atoms with E-state index < -0.39 is 12.1 Å². The zero-order valence-electron chi connectivity index (χ0n) is 9.26. The van der Waals surface area contributed by atoms with Crippen molar-refractivity contribution in [3.05, 3.63) is 34.9 Å². The first-order chi connectivity index (χ1) is 8.00. The van der Waals surface area contributed by atoms with Gasteiger partial charge in [0.05, 0.1) is 6.67 Å². The number of benzene rings is 1. The zero-order chi connectivity index (χ0) is 12.6. The third-order valence-corrected chi connectivity index (χ3v) is 3.01. The lowest BCUT2D eigenvalue weighted by atomic mass is 10.1. The number of likely N-dealkylation sites (N-methyl/N-ethyl adjacent to an activating group) is 1. The van der Waals surface area contributed by atoms with Crippen LogP contribution in [0.15, 0.2) is 24.3 Å². The van der Waals surface area contributed by atoms with Gasteiger partial charge in [0.15, 0.2) is 0 Å². The van der Waals surface area contributed by atoms with Gasteiger partial charge in [0.1, 0.15) is 6.04 Å². The van der Waals surface area contributed by atoms with Crippen LogP contribution in [0, 0.1) is 0 Å². The summed E-state index contributed by atoms with van der Waals surface area (Å²) in [7, 11) is 1.63. The molecule has 0 bridgehead atoms. The largest absolute Gasteiger partial charge is 0.351 e. The number of amides is 3. The van der Waals surface area contributed by atoms with Gasteiger partial charge in [-0.1, -0.05) is 23.7 Å². The number of urea groups is 1. The van der Waals surface area contributed by atoms with Crippen LogP contribution >= 0.6 is 11.6 Å². The Bertz CT molecular complexity index is 460. The van der Waals surface area contributed by atoms with E-state index in [2.05, 4.69) is 0 Å². The second-order valence-corrected chi connectivity index (χ2v) is 4.38. The van der Waals surface area contributed by atoms with Crippen molar-refractivity contribution in [3.63, 3.8) is 0 Å². The zero-order valence-corrected chi connectivity index (χ0v) is 10.0. The number of hydrogen-bond acceptors (Lipinski definition) is 2. The SMILES string of the molecule is CN1CN(C(N)=O)C(c2ccc(Cl)cc2)C1=O. The lowest BCUT2D eigenvalue weighted by molar-refractivity contribution is -0.128. The maximum Gasteiger partial charge on any atom is 0.317 e. The normalized spacial score (nSPS) is 19.9. The van der Waals surface area contributed by atoms with E-state index in [-0.39, 0.29) is 12.6 Å². The van der Waals surface area contributed by atoms with Crippen LogP contribution in [-0.4, -0.2) is 35.5 Å². The highest BCUT2D eigenvalue weighted by Crippen LogP contribution is 2.28. The lowest BCUT2D eigenvalue weighted by Gasteiger charge is -2.19. The standard InChI is InChI=1S/C11H12ClN3O2/c1-14-6-15(11(13)17)9(10(14)16)7-2-4-8(12)5-3-7/h2-5,9H,6H2,1H3,(H2,13,17). The van der Waals surface area contributed by atoms with Gasteiger partial charge in [-0.25, -0.2) is 4.79 Å². The molecule has 1 unspecified atom stereocenters. The highest BCUT2D eigenvalue weighted by molar-refractivity contribution is 6.30. The van der Waals surface area contributed by atoms with E-state index in [4.69, 9.17) is 17.3 Å². The number of nitrogens with zero attached hydrogens (tertiary/aromatic N) is 2. The van der Waals surface area contributed by atoms with Crippen LogP contribution in [0.4, 0.5) is 4.79 Å². The summed E-state index contributed by atoms with van der Waals surface area (Å²) < 4.78 is 0. The molecule has 1 fully saturated rings. The van der Waals surface area contributed by atoms with E-state index in [1.165, 1.54) is 9.80 Å². The van der Waals surface area contributed by atoms with Crippen LogP contribution in [0.3, 0.4) is 0 Å². The molecule has 0 spiro atoms. The van der Waals surface area contributed by atoms with E-state index in [1.807, 2.05) is 0 Å². The van der Waals surface area contributed by atoms with Crippen LogP contribution in [-0.2, 0) is 4.79 Å². The molecular weight excluding hydrogens is 242 g/mol. The minimum atomic E-state index is -0.644. The van der Waals surface area contributed by atoms with E-state index in [9.17, 15) is 9.59 Å². The highest BCUT2D eigenvalue weighted by atomic mass is 35.5. The van der Waals surface area contributed by atoms with Gasteiger partial charge in [-0.15, -0.1) is 0 Å². The Hall–Kier alpha value is -1.75. The third kappa shape index (κ3) is 2.06. The number of primary amides is 1. The number of nitrogens with two attached hydrogens (primary N) is 1. The first-order valence-corrected chi connectivity index (χ1v) is 5.45. The van der Waals surface area contributed by atoms with Crippen molar-refractivity contribution in [2.24, 2.45) is 5.73 Å². The molecule has 5 nitrogen and oxygen atoms in total. The van der Waals surface area contributed by atoms with Crippen molar-refractivity contribution in [2.45, 2.75) is 6.04 Å². The van der Waals surface area contributed by atoms with Gasteiger partial charge >= 0.3 is 6.03 Å². The van der Waals surface area contributed by atoms with E-state index in [0.717, 1.165) is 0 Å².